The molecule has 0 aliphatic heterocycles. The Balaban J connectivity index is 1.87. The number of benzene rings is 1. The number of amides is 2. The molecule has 2 aromatic rings. The number of aliphatic hydroxyl groups excluding tert-OH is 1. The summed E-state index contributed by atoms with van der Waals surface area (Å²) < 4.78 is 1.55. The number of aliphatic hydroxyl groups is 1. The average Bonchev–Trinajstić information content (AvgIpc) is 2.95. The van der Waals surface area contributed by atoms with Crippen LogP contribution in [0.25, 0.3) is 0 Å². The lowest BCUT2D eigenvalue weighted by molar-refractivity contribution is -0.120. The molecule has 32 heavy (non-hydrogen) atoms. The quantitative estimate of drug-likeness (QED) is 0.378. The van der Waals surface area contributed by atoms with E-state index in [0.717, 1.165) is 5.56 Å². The predicted octanol–water partition coefficient (Wildman–Crippen LogP) is 1.90. The smallest absolute Gasteiger partial charge is 0.293 e. The molecule has 1 aromatic carbocycles. The molecule has 0 spiro atoms. The number of nitrogens with one attached hydrogen (secondary N) is 2. The van der Waals surface area contributed by atoms with E-state index in [1.165, 1.54) is 0 Å². The van der Waals surface area contributed by atoms with Gasteiger partial charge in [-0.3, -0.25) is 14.4 Å². The molecule has 1 fully saturated rings. The summed E-state index contributed by atoms with van der Waals surface area (Å²) in [4.78, 5) is 38.6. The number of ketones is 1. The van der Waals surface area contributed by atoms with E-state index >= 15 is 0 Å². The molecule has 0 bridgehead atoms. The number of rotatable bonds is 5. The van der Waals surface area contributed by atoms with Gasteiger partial charge in [0.15, 0.2) is 0 Å². The van der Waals surface area contributed by atoms with Crippen molar-refractivity contribution in [1.82, 2.24) is 9.88 Å². The first-order valence-electron chi connectivity index (χ1n) is 10.0. The maximum Gasteiger partial charge on any atom is 0.293 e. The summed E-state index contributed by atoms with van der Waals surface area (Å²) in [5, 5.41) is 24.0. The first-order chi connectivity index (χ1) is 15.0. The maximum absolute atomic E-state index is 13.0. The van der Waals surface area contributed by atoms with Gasteiger partial charge in [-0.15, -0.1) is 6.42 Å². The van der Waals surface area contributed by atoms with Gasteiger partial charge in [0.05, 0.1) is 23.3 Å². The van der Waals surface area contributed by atoms with Crippen LogP contribution in [0, 0.1) is 44.4 Å². The zero-order valence-corrected chi connectivity index (χ0v) is 18.4. The highest BCUT2D eigenvalue weighted by atomic mass is 16.3. The Labute approximate surface area is 186 Å². The topological polar surface area (TPSA) is 124 Å². The molecule has 1 saturated carbocycles. The summed E-state index contributed by atoms with van der Waals surface area (Å²) in [7, 11) is 1.63. The molecule has 0 atom stereocenters. The molecular weight excluding hydrogens is 408 g/mol. The summed E-state index contributed by atoms with van der Waals surface area (Å²) in [6.07, 6.45) is 5.24. The van der Waals surface area contributed by atoms with Crippen LogP contribution in [-0.4, -0.2) is 38.9 Å². The number of hydrogen-bond acceptors (Lipinski definition) is 5. The second-order valence-electron chi connectivity index (χ2n) is 8.16. The van der Waals surface area contributed by atoms with Crippen molar-refractivity contribution < 1.29 is 19.5 Å². The van der Waals surface area contributed by atoms with Gasteiger partial charge in [-0.25, -0.2) is 0 Å². The molecule has 1 aliphatic rings. The number of carbonyl (C=O) groups is 3. The van der Waals surface area contributed by atoms with E-state index in [0.29, 0.717) is 22.5 Å². The van der Waals surface area contributed by atoms with Crippen LogP contribution in [0.2, 0.25) is 0 Å². The zero-order chi connectivity index (χ0) is 23.8. The summed E-state index contributed by atoms with van der Waals surface area (Å²) >= 11 is 0. The normalized spacial score (nSPS) is 19.3. The number of nitriles is 1. The van der Waals surface area contributed by atoms with Crippen molar-refractivity contribution in [2.75, 3.05) is 5.32 Å². The van der Waals surface area contributed by atoms with Gasteiger partial charge in [0.2, 0.25) is 0 Å². The van der Waals surface area contributed by atoms with Crippen LogP contribution >= 0.6 is 0 Å². The summed E-state index contributed by atoms with van der Waals surface area (Å²) in [6, 6.07) is 7.06. The van der Waals surface area contributed by atoms with Crippen molar-refractivity contribution in [2.45, 2.75) is 45.3 Å². The molecule has 3 rings (SSSR count). The van der Waals surface area contributed by atoms with Crippen LogP contribution in [-0.2, 0) is 11.8 Å². The Morgan fingerprint density at radius 1 is 1.25 bits per heavy atom. The van der Waals surface area contributed by atoms with Gasteiger partial charge in [-0.2, -0.15) is 5.26 Å². The first-order valence-corrected chi connectivity index (χ1v) is 10.0. The molecule has 2 amide bonds. The van der Waals surface area contributed by atoms with Crippen molar-refractivity contribution in [3.63, 3.8) is 0 Å². The lowest BCUT2D eigenvalue weighted by Crippen LogP contribution is -2.59. The molecule has 1 aromatic heterocycles. The third kappa shape index (κ3) is 3.89. The molecule has 0 unspecified atom stereocenters. The Hall–Kier alpha value is -3.88. The molecule has 3 N–H and O–H groups in total. The second-order valence-corrected chi connectivity index (χ2v) is 8.16. The van der Waals surface area contributed by atoms with Crippen molar-refractivity contribution >= 4 is 23.3 Å². The maximum atomic E-state index is 13.0. The third-order valence-electron chi connectivity index (χ3n) is 5.99. The molecule has 0 saturated heterocycles. The van der Waals surface area contributed by atoms with Crippen molar-refractivity contribution in [3.8, 4) is 18.4 Å². The van der Waals surface area contributed by atoms with Crippen LogP contribution in [0.1, 0.15) is 56.1 Å². The van der Waals surface area contributed by atoms with E-state index < -0.39 is 29.2 Å². The number of Topliss-reactive ketones (excluding diaryl/α,β-unsaturated/α-hetero) is 1. The average molecular weight is 432 g/mol. The molecule has 1 aliphatic carbocycles. The fourth-order valence-electron chi connectivity index (χ4n) is 4.03. The summed E-state index contributed by atoms with van der Waals surface area (Å²) in [6.45, 7) is 5.04. The Bertz CT molecular complexity index is 1220. The Kier molecular flexibility index (Phi) is 5.94. The highest BCUT2D eigenvalue weighted by molar-refractivity contribution is 6.44. The predicted molar refractivity (Wildman–Crippen MR) is 118 cm³/mol. The van der Waals surface area contributed by atoms with E-state index in [1.807, 2.05) is 0 Å². The van der Waals surface area contributed by atoms with Gasteiger partial charge in [0.25, 0.3) is 17.6 Å². The summed E-state index contributed by atoms with van der Waals surface area (Å²) in [5.41, 5.74) is 1.81. The van der Waals surface area contributed by atoms with Crippen molar-refractivity contribution in [2.24, 2.45) is 7.05 Å². The minimum absolute atomic E-state index is 0.129. The Morgan fingerprint density at radius 2 is 1.91 bits per heavy atom. The van der Waals surface area contributed by atoms with E-state index in [-0.39, 0.29) is 24.1 Å². The fraction of sp³-hybridized carbons (Fsp3) is 0.333. The van der Waals surface area contributed by atoms with Crippen LogP contribution < -0.4 is 10.6 Å². The van der Waals surface area contributed by atoms with Crippen molar-refractivity contribution in [3.05, 3.63) is 51.8 Å². The van der Waals surface area contributed by atoms with Gasteiger partial charge >= 0.3 is 0 Å². The SMILES string of the molecule is C#CC1(NC(=O)C(=O)c2c(C)c(C(=O)Nc3ccc(C)c(C#N)c3)n(C)c2C)CC(O)C1. The van der Waals surface area contributed by atoms with Gasteiger partial charge in [0.1, 0.15) is 11.2 Å². The highest BCUT2D eigenvalue weighted by Gasteiger charge is 2.44. The number of terminal acetylenes is 1. The third-order valence-corrected chi connectivity index (χ3v) is 5.99. The lowest BCUT2D eigenvalue weighted by Gasteiger charge is -2.41. The number of hydrogen-bond donors (Lipinski definition) is 3. The number of nitrogens with zero attached hydrogens (tertiary/aromatic N) is 2. The van der Waals surface area contributed by atoms with Gasteiger partial charge in [-0.1, -0.05) is 12.0 Å². The van der Waals surface area contributed by atoms with Crippen LogP contribution in [0.15, 0.2) is 18.2 Å². The van der Waals surface area contributed by atoms with Crippen LogP contribution in [0.5, 0.6) is 0 Å². The highest BCUT2D eigenvalue weighted by Crippen LogP contribution is 2.32. The number of aryl methyl sites for hydroxylation is 1. The summed E-state index contributed by atoms with van der Waals surface area (Å²) in [5.74, 6) is 0.304. The molecule has 1 heterocycles. The molecule has 164 valence electrons. The molecule has 8 heteroatoms. The first kappa shape index (κ1) is 22.8. The lowest BCUT2D eigenvalue weighted by atomic mass is 9.75. The molecule has 8 nitrogen and oxygen atoms in total. The minimum atomic E-state index is -1.03. The Morgan fingerprint density at radius 3 is 2.47 bits per heavy atom. The fourth-order valence-corrected chi connectivity index (χ4v) is 4.03. The van der Waals surface area contributed by atoms with E-state index in [2.05, 4.69) is 22.6 Å². The van der Waals surface area contributed by atoms with E-state index in [4.69, 9.17) is 6.42 Å². The molecule has 0 radical (unpaired) electrons. The van der Waals surface area contributed by atoms with Crippen molar-refractivity contribution in [1.29, 1.82) is 5.26 Å². The van der Waals surface area contributed by atoms with E-state index in [1.54, 1.807) is 50.6 Å². The van der Waals surface area contributed by atoms with Gasteiger partial charge in [0, 0.05) is 31.3 Å². The van der Waals surface area contributed by atoms with Gasteiger partial charge in [-0.05, 0) is 44.0 Å². The monoisotopic (exact) mass is 432 g/mol. The number of carbonyl (C=O) groups excluding carboxylic acids is 3. The largest absolute Gasteiger partial charge is 0.393 e. The van der Waals surface area contributed by atoms with Crippen LogP contribution in [0.3, 0.4) is 0 Å². The minimum Gasteiger partial charge on any atom is -0.393 e. The standard InChI is InChI=1S/C24H24N4O4/c1-6-24(10-18(29)11-24)27-23(32)21(30)19-14(3)20(28(5)15(19)4)22(31)26-17-8-7-13(2)16(9-17)12-25/h1,7-9,18,29H,10-11H2,2-5H3,(H,26,31)(H,27,32). The molecular formula is C24H24N4O4. The van der Waals surface area contributed by atoms with Gasteiger partial charge < -0.3 is 20.3 Å². The van der Waals surface area contributed by atoms with E-state index in [9.17, 15) is 24.8 Å². The second kappa shape index (κ2) is 8.33. The zero-order valence-electron chi connectivity index (χ0n) is 18.4. The van der Waals surface area contributed by atoms with Crippen LogP contribution in [0.4, 0.5) is 5.69 Å². The number of anilines is 1. The number of aromatic nitrogens is 1.